The molecule has 1 aromatic rings. The number of nitrogens with zero attached hydrogens (tertiary/aromatic N) is 2. The number of carbonyl (C=O) groups is 1. The van der Waals surface area contributed by atoms with Crippen LogP contribution >= 0.6 is 0 Å². The van der Waals surface area contributed by atoms with E-state index in [4.69, 9.17) is 4.74 Å². The van der Waals surface area contributed by atoms with Crippen molar-refractivity contribution in [3.63, 3.8) is 0 Å². The van der Waals surface area contributed by atoms with E-state index in [0.29, 0.717) is 6.54 Å². The molecule has 1 saturated heterocycles. The molecule has 1 aliphatic heterocycles. The maximum Gasteiger partial charge on any atom is 0.237 e. The Hall–Kier alpha value is -1.62. The van der Waals surface area contributed by atoms with Crippen molar-refractivity contribution in [3.05, 3.63) is 24.0 Å². The van der Waals surface area contributed by atoms with Crippen LogP contribution in [-0.2, 0) is 11.3 Å². The number of methoxy groups -OCH3 is 1. The lowest BCUT2D eigenvalue weighted by atomic mass is 10.0. The van der Waals surface area contributed by atoms with Crippen molar-refractivity contribution in [1.82, 2.24) is 15.2 Å². The first-order chi connectivity index (χ1) is 9.24. The van der Waals surface area contributed by atoms with Crippen molar-refractivity contribution in [2.45, 2.75) is 31.8 Å². The van der Waals surface area contributed by atoms with Crippen molar-refractivity contribution in [1.29, 1.82) is 0 Å². The van der Waals surface area contributed by atoms with Crippen LogP contribution in [-0.4, -0.2) is 42.5 Å². The normalized spacial score (nSPS) is 20.0. The van der Waals surface area contributed by atoms with Gasteiger partial charge in [-0.3, -0.25) is 14.7 Å². The highest BCUT2D eigenvalue weighted by Crippen LogP contribution is 2.20. The van der Waals surface area contributed by atoms with Gasteiger partial charge >= 0.3 is 0 Å². The SMILES string of the molecule is CNC(=O)C1CCCCN1Cc1cc(OC)ccn1. The van der Waals surface area contributed by atoms with Gasteiger partial charge < -0.3 is 10.1 Å². The van der Waals surface area contributed by atoms with E-state index in [1.165, 1.54) is 0 Å². The summed E-state index contributed by atoms with van der Waals surface area (Å²) in [5.74, 6) is 0.904. The van der Waals surface area contributed by atoms with Gasteiger partial charge in [0.05, 0.1) is 18.8 Å². The highest BCUT2D eigenvalue weighted by Gasteiger charge is 2.28. The van der Waals surface area contributed by atoms with Crippen LogP contribution in [0.3, 0.4) is 0 Å². The summed E-state index contributed by atoms with van der Waals surface area (Å²) in [4.78, 5) is 18.4. The molecule has 2 heterocycles. The maximum absolute atomic E-state index is 11.9. The van der Waals surface area contributed by atoms with Crippen molar-refractivity contribution in [2.75, 3.05) is 20.7 Å². The average molecular weight is 263 g/mol. The van der Waals surface area contributed by atoms with Gasteiger partial charge in [0.25, 0.3) is 0 Å². The van der Waals surface area contributed by atoms with Crippen molar-refractivity contribution < 1.29 is 9.53 Å². The van der Waals surface area contributed by atoms with Crippen LogP contribution in [0.15, 0.2) is 18.3 Å². The Kier molecular flexibility index (Phi) is 4.74. The molecule has 0 aromatic carbocycles. The zero-order valence-electron chi connectivity index (χ0n) is 11.6. The van der Waals surface area contributed by atoms with Crippen molar-refractivity contribution >= 4 is 5.91 Å². The summed E-state index contributed by atoms with van der Waals surface area (Å²) in [6.07, 6.45) is 4.91. The molecule has 0 aliphatic carbocycles. The highest BCUT2D eigenvalue weighted by atomic mass is 16.5. The first-order valence-corrected chi connectivity index (χ1v) is 6.69. The summed E-state index contributed by atoms with van der Waals surface area (Å²) >= 11 is 0. The molecule has 1 atom stereocenters. The lowest BCUT2D eigenvalue weighted by Crippen LogP contribution is -2.48. The minimum absolute atomic E-state index is 0.0354. The number of aromatic nitrogens is 1. The van der Waals surface area contributed by atoms with Crippen LogP contribution in [0.1, 0.15) is 25.0 Å². The van der Waals surface area contributed by atoms with Crippen LogP contribution in [0.2, 0.25) is 0 Å². The number of carbonyl (C=O) groups excluding carboxylic acids is 1. The van der Waals surface area contributed by atoms with E-state index in [1.54, 1.807) is 20.4 Å². The molecule has 19 heavy (non-hydrogen) atoms. The predicted molar refractivity (Wildman–Crippen MR) is 72.9 cm³/mol. The Bertz CT molecular complexity index is 436. The summed E-state index contributed by atoms with van der Waals surface area (Å²) in [7, 11) is 3.34. The van der Waals surface area contributed by atoms with Crippen LogP contribution in [0.5, 0.6) is 5.75 Å². The number of amides is 1. The van der Waals surface area contributed by atoms with E-state index < -0.39 is 0 Å². The largest absolute Gasteiger partial charge is 0.497 e. The number of hydrogen-bond acceptors (Lipinski definition) is 4. The first kappa shape index (κ1) is 13.8. The second kappa shape index (κ2) is 6.52. The molecule has 104 valence electrons. The van der Waals surface area contributed by atoms with Gasteiger partial charge in [0.15, 0.2) is 0 Å². The zero-order valence-corrected chi connectivity index (χ0v) is 11.6. The summed E-state index contributed by atoms with van der Waals surface area (Å²) in [5.41, 5.74) is 0.940. The molecular weight excluding hydrogens is 242 g/mol. The van der Waals surface area contributed by atoms with Gasteiger partial charge in [0, 0.05) is 25.9 Å². The van der Waals surface area contributed by atoms with Gasteiger partial charge in [-0.15, -0.1) is 0 Å². The number of hydrogen-bond donors (Lipinski definition) is 1. The van der Waals surface area contributed by atoms with Crippen LogP contribution in [0.25, 0.3) is 0 Å². The fourth-order valence-electron chi connectivity index (χ4n) is 2.52. The molecule has 1 unspecified atom stereocenters. The van der Waals surface area contributed by atoms with Crippen LogP contribution in [0, 0.1) is 0 Å². The summed E-state index contributed by atoms with van der Waals surface area (Å²) < 4.78 is 5.20. The number of pyridine rings is 1. The molecule has 1 fully saturated rings. The third kappa shape index (κ3) is 3.44. The Morgan fingerprint density at radius 2 is 2.42 bits per heavy atom. The molecule has 0 saturated carbocycles. The molecule has 5 heteroatoms. The van der Waals surface area contributed by atoms with Crippen molar-refractivity contribution in [3.8, 4) is 5.75 Å². The second-order valence-electron chi connectivity index (χ2n) is 4.78. The van der Waals surface area contributed by atoms with E-state index in [9.17, 15) is 4.79 Å². The highest BCUT2D eigenvalue weighted by molar-refractivity contribution is 5.81. The topological polar surface area (TPSA) is 54.5 Å². The molecular formula is C14H21N3O2. The van der Waals surface area contributed by atoms with Crippen LogP contribution in [0.4, 0.5) is 0 Å². The molecule has 0 radical (unpaired) electrons. The first-order valence-electron chi connectivity index (χ1n) is 6.69. The number of piperidine rings is 1. The van der Waals surface area contributed by atoms with Crippen molar-refractivity contribution in [2.24, 2.45) is 0 Å². The average Bonchev–Trinajstić information content (AvgIpc) is 2.47. The Labute approximate surface area is 114 Å². The number of rotatable bonds is 4. The lowest BCUT2D eigenvalue weighted by molar-refractivity contribution is -0.127. The summed E-state index contributed by atoms with van der Waals surface area (Å²) in [6, 6.07) is 3.72. The molecule has 1 amide bonds. The number of ether oxygens (including phenoxy) is 1. The molecule has 2 rings (SSSR count). The Balaban J connectivity index is 2.08. The second-order valence-corrected chi connectivity index (χ2v) is 4.78. The quantitative estimate of drug-likeness (QED) is 0.886. The smallest absolute Gasteiger partial charge is 0.237 e. The van der Waals surface area contributed by atoms with Gasteiger partial charge in [0.2, 0.25) is 5.91 Å². The van der Waals surface area contributed by atoms with E-state index in [0.717, 1.165) is 37.3 Å². The fraction of sp³-hybridized carbons (Fsp3) is 0.571. The molecule has 1 N–H and O–H groups in total. The fourth-order valence-corrected chi connectivity index (χ4v) is 2.52. The number of likely N-dealkylation sites (N-methyl/N-ethyl adjacent to an activating group) is 1. The minimum Gasteiger partial charge on any atom is -0.497 e. The maximum atomic E-state index is 11.9. The molecule has 1 aliphatic rings. The summed E-state index contributed by atoms with van der Waals surface area (Å²) in [5, 5.41) is 2.75. The number of nitrogens with one attached hydrogen (secondary N) is 1. The Morgan fingerprint density at radius 3 is 3.16 bits per heavy atom. The van der Waals surface area contributed by atoms with Gasteiger partial charge in [-0.2, -0.15) is 0 Å². The van der Waals surface area contributed by atoms with Gasteiger partial charge in [-0.25, -0.2) is 0 Å². The van der Waals surface area contributed by atoms with E-state index in [-0.39, 0.29) is 11.9 Å². The third-order valence-corrected chi connectivity index (χ3v) is 3.55. The van der Waals surface area contributed by atoms with Crippen LogP contribution < -0.4 is 10.1 Å². The molecule has 0 spiro atoms. The third-order valence-electron chi connectivity index (χ3n) is 3.55. The van der Waals surface area contributed by atoms with Gasteiger partial charge in [-0.05, 0) is 25.5 Å². The monoisotopic (exact) mass is 263 g/mol. The summed E-state index contributed by atoms with van der Waals surface area (Å²) in [6.45, 7) is 1.63. The zero-order chi connectivity index (χ0) is 13.7. The van der Waals surface area contributed by atoms with E-state index >= 15 is 0 Å². The standard InChI is InChI=1S/C14H21N3O2/c1-15-14(18)13-5-3-4-8-17(13)10-11-9-12(19-2)6-7-16-11/h6-7,9,13H,3-5,8,10H2,1-2H3,(H,15,18). The minimum atomic E-state index is -0.0354. The molecule has 0 bridgehead atoms. The van der Waals surface area contributed by atoms with Gasteiger partial charge in [-0.1, -0.05) is 6.42 Å². The lowest BCUT2D eigenvalue weighted by Gasteiger charge is -2.34. The molecule has 5 nitrogen and oxygen atoms in total. The molecule has 1 aromatic heterocycles. The van der Waals surface area contributed by atoms with Gasteiger partial charge in [0.1, 0.15) is 5.75 Å². The number of likely N-dealkylation sites (tertiary alicyclic amines) is 1. The van der Waals surface area contributed by atoms with E-state index in [1.807, 2.05) is 12.1 Å². The Morgan fingerprint density at radius 1 is 1.58 bits per heavy atom. The van der Waals surface area contributed by atoms with E-state index in [2.05, 4.69) is 15.2 Å². The predicted octanol–water partition coefficient (Wildman–Crippen LogP) is 1.19.